The molecule has 0 fully saturated rings. The summed E-state index contributed by atoms with van der Waals surface area (Å²) in [7, 11) is -2.15. The van der Waals surface area contributed by atoms with Crippen LogP contribution in [-0.2, 0) is 16.1 Å². The van der Waals surface area contributed by atoms with Crippen LogP contribution in [0, 0.1) is 15.5 Å². The van der Waals surface area contributed by atoms with E-state index in [1.54, 1.807) is 20.8 Å². The van der Waals surface area contributed by atoms with Gasteiger partial charge in [-0.25, -0.2) is 0 Å². The summed E-state index contributed by atoms with van der Waals surface area (Å²) in [4.78, 5) is 31.2. The molecule has 0 heterocycles. The average molecular weight is 331 g/mol. The van der Waals surface area contributed by atoms with Crippen molar-refractivity contribution in [3.8, 4) is 17.2 Å². The lowest BCUT2D eigenvalue weighted by molar-refractivity contribution is -0.386. The molecule has 0 aliphatic carbocycles. The molecule has 22 heavy (non-hydrogen) atoms. The molecule has 4 N–H and O–H groups in total. The molecule has 122 valence electrons. The number of phenols is 3. The maximum Gasteiger partial charge on any atom is 0.321 e. The molecule has 0 saturated heterocycles. The fraction of sp³-hybridized carbons (Fsp3) is 0.417. The van der Waals surface area contributed by atoms with Crippen LogP contribution in [-0.4, -0.2) is 40.8 Å². The quantitative estimate of drug-likeness (QED) is 0.190. The van der Waals surface area contributed by atoms with E-state index in [2.05, 4.69) is 0 Å². The number of benzene rings is 1. The van der Waals surface area contributed by atoms with Crippen LogP contribution < -0.4 is 5.19 Å². The average Bonchev–Trinajstić information content (AvgIpc) is 2.40. The van der Waals surface area contributed by atoms with Crippen molar-refractivity contribution in [2.45, 2.75) is 27.4 Å². The van der Waals surface area contributed by atoms with E-state index >= 15 is 0 Å². The zero-order valence-corrected chi connectivity index (χ0v) is 13.7. The third-order valence-electron chi connectivity index (χ3n) is 2.91. The highest BCUT2D eigenvalue weighted by atomic mass is 28.2. The van der Waals surface area contributed by atoms with Gasteiger partial charge in [0.15, 0.2) is 15.5 Å². The molecule has 0 radical (unpaired) electrons. The molecule has 0 aliphatic rings. The fourth-order valence-corrected chi connectivity index (χ4v) is 2.45. The zero-order chi connectivity index (χ0) is 17.2. The first-order valence-corrected chi connectivity index (χ1v) is 7.57. The Morgan fingerprint density at radius 2 is 1.77 bits per heavy atom. The second-order valence-electron chi connectivity index (χ2n) is 5.59. The van der Waals surface area contributed by atoms with E-state index in [4.69, 9.17) is 4.74 Å². The van der Waals surface area contributed by atoms with Crippen LogP contribution in [0.5, 0.6) is 17.2 Å². The van der Waals surface area contributed by atoms with Gasteiger partial charge in [-0.3, -0.25) is 14.9 Å². The Labute approximate surface area is 127 Å². The number of hydrogen-bond acceptors (Lipinski definition) is 8. The summed E-state index contributed by atoms with van der Waals surface area (Å²) in [5, 5.41) is 39.6. The first kappa shape index (κ1) is 17.7. The number of nitrogens with zero attached hydrogens (tertiary/aromatic N) is 1. The van der Waals surface area contributed by atoms with Crippen LogP contribution in [0.15, 0.2) is 0 Å². The lowest BCUT2D eigenvalue weighted by Gasteiger charge is -2.18. The predicted molar refractivity (Wildman–Crippen MR) is 77.7 cm³/mol. The molecule has 0 spiro atoms. The van der Waals surface area contributed by atoms with Crippen molar-refractivity contribution < 1.29 is 34.6 Å². The third kappa shape index (κ3) is 3.28. The van der Waals surface area contributed by atoms with Gasteiger partial charge in [-0.1, -0.05) is 0 Å². The van der Waals surface area contributed by atoms with E-state index in [0.29, 0.717) is 0 Å². The molecule has 0 aliphatic heterocycles. The molecule has 1 aromatic carbocycles. The summed E-state index contributed by atoms with van der Waals surface area (Å²) in [6, 6.07) is 0. The van der Waals surface area contributed by atoms with Crippen LogP contribution in [0.4, 0.5) is 5.69 Å². The van der Waals surface area contributed by atoms with Gasteiger partial charge in [-0.05, 0) is 20.8 Å². The minimum absolute atomic E-state index is 0.260. The summed E-state index contributed by atoms with van der Waals surface area (Å²) in [6.45, 7) is 4.13. The van der Waals surface area contributed by atoms with Crippen molar-refractivity contribution in [1.29, 1.82) is 0 Å². The van der Waals surface area contributed by atoms with E-state index in [1.807, 2.05) is 0 Å². The minimum Gasteiger partial charge on any atom is -0.504 e. The first-order chi connectivity index (χ1) is 10.0. The number of nitro groups is 1. The van der Waals surface area contributed by atoms with Crippen molar-refractivity contribution in [1.82, 2.24) is 0 Å². The van der Waals surface area contributed by atoms with Gasteiger partial charge in [-0.15, -0.1) is 0 Å². The van der Waals surface area contributed by atoms with Crippen LogP contribution in [0.2, 0.25) is 0 Å². The monoisotopic (exact) mass is 331 g/mol. The van der Waals surface area contributed by atoms with Gasteiger partial charge in [0.05, 0.1) is 15.9 Å². The van der Waals surface area contributed by atoms with Gasteiger partial charge >= 0.3 is 11.7 Å². The Morgan fingerprint density at radius 3 is 2.18 bits per heavy atom. The number of phenolic OH excluding ortho intramolecular Hbond substituents is 3. The summed E-state index contributed by atoms with van der Waals surface area (Å²) < 4.78 is 4.94. The highest BCUT2D eigenvalue weighted by Gasteiger charge is 2.32. The highest BCUT2D eigenvalue weighted by molar-refractivity contribution is 6.48. The number of hydrogen-bond donors (Lipinski definition) is 4. The normalized spacial score (nSPS) is 11.8. The largest absolute Gasteiger partial charge is 0.504 e. The Morgan fingerprint density at radius 1 is 1.23 bits per heavy atom. The molecule has 0 bridgehead atoms. The number of carbonyl (C=O) groups excluding carboxylic acids is 1. The molecule has 10 heteroatoms. The van der Waals surface area contributed by atoms with Crippen molar-refractivity contribution in [3.05, 3.63) is 15.7 Å². The number of aromatic hydroxyl groups is 3. The van der Waals surface area contributed by atoms with Gasteiger partial charge in [0.1, 0.15) is 6.61 Å². The van der Waals surface area contributed by atoms with Crippen molar-refractivity contribution >= 4 is 26.6 Å². The van der Waals surface area contributed by atoms with Crippen molar-refractivity contribution in [3.63, 3.8) is 0 Å². The van der Waals surface area contributed by atoms with E-state index in [-0.39, 0.29) is 10.8 Å². The van der Waals surface area contributed by atoms with E-state index in [9.17, 15) is 35.0 Å². The molecule has 0 unspecified atom stereocenters. The summed E-state index contributed by atoms with van der Waals surface area (Å²) >= 11 is 0. The van der Waals surface area contributed by atoms with Crippen molar-refractivity contribution in [2.24, 2.45) is 5.41 Å². The molecular formula is C12H17NO8Si. The number of carbonyl (C=O) groups is 1. The standard InChI is InChI=1S/C12H17NO8Si/c1-12(2,3)11(17)21-4-5-6(13(18)19)7(14)8(15)9(16)10(5)22-20/h14-16,20H,4,22H2,1-3H3. The molecule has 9 nitrogen and oxygen atoms in total. The number of esters is 1. The fourth-order valence-electron chi connectivity index (χ4n) is 1.67. The number of nitro benzene ring substituents is 1. The van der Waals surface area contributed by atoms with Gasteiger partial charge in [0.2, 0.25) is 11.5 Å². The number of rotatable bonds is 4. The molecule has 0 aromatic heterocycles. The van der Waals surface area contributed by atoms with E-state index in [0.717, 1.165) is 0 Å². The van der Waals surface area contributed by atoms with Gasteiger partial charge in [0, 0.05) is 5.19 Å². The number of ether oxygens (including phenoxy) is 1. The van der Waals surface area contributed by atoms with Crippen LogP contribution in [0.25, 0.3) is 0 Å². The van der Waals surface area contributed by atoms with Gasteiger partial charge in [-0.2, -0.15) is 0 Å². The van der Waals surface area contributed by atoms with E-state index in [1.165, 1.54) is 0 Å². The second-order valence-corrected chi connectivity index (χ2v) is 6.62. The van der Waals surface area contributed by atoms with Crippen LogP contribution in [0.1, 0.15) is 26.3 Å². The zero-order valence-electron chi connectivity index (χ0n) is 12.3. The Hall–Kier alpha value is -2.33. The maximum atomic E-state index is 11.7. The molecule has 1 rings (SSSR count). The lowest BCUT2D eigenvalue weighted by Crippen LogP contribution is -2.26. The van der Waals surface area contributed by atoms with Crippen LogP contribution in [0.3, 0.4) is 0 Å². The molecule has 1 aromatic rings. The maximum absolute atomic E-state index is 11.7. The minimum atomic E-state index is -2.15. The summed E-state index contributed by atoms with van der Waals surface area (Å²) in [5.41, 5.74) is -2.09. The van der Waals surface area contributed by atoms with Crippen LogP contribution >= 0.6 is 0 Å². The van der Waals surface area contributed by atoms with E-state index < -0.39 is 55.6 Å². The molecule has 0 saturated carbocycles. The van der Waals surface area contributed by atoms with Gasteiger partial charge in [0.25, 0.3) is 0 Å². The van der Waals surface area contributed by atoms with Crippen molar-refractivity contribution in [2.75, 3.05) is 0 Å². The Balaban J connectivity index is 3.39. The summed E-state index contributed by atoms with van der Waals surface area (Å²) in [6.07, 6.45) is 0. The van der Waals surface area contributed by atoms with Gasteiger partial charge < -0.3 is 24.9 Å². The predicted octanol–water partition coefficient (Wildman–Crippen LogP) is -0.498. The highest BCUT2D eigenvalue weighted by Crippen LogP contribution is 2.43. The molecule has 0 atom stereocenters. The second kappa shape index (κ2) is 6.20. The SMILES string of the molecule is CC(C)(C)C(=O)OCc1c([SiH2]O)c(O)c(O)c(O)c1[N+](=O)[O-]. The smallest absolute Gasteiger partial charge is 0.321 e. The Kier molecular flexibility index (Phi) is 4.99. The summed E-state index contributed by atoms with van der Waals surface area (Å²) in [5.74, 6) is -3.73. The third-order valence-corrected chi connectivity index (χ3v) is 3.99. The Bertz CT molecular complexity index is 623. The first-order valence-electron chi connectivity index (χ1n) is 6.23. The lowest BCUT2D eigenvalue weighted by atomic mass is 9.97. The molecule has 0 amide bonds. The molecular weight excluding hydrogens is 314 g/mol. The topological polar surface area (TPSA) is 150 Å².